The van der Waals surface area contributed by atoms with E-state index < -0.39 is 10.0 Å². The average Bonchev–Trinajstić information content (AvgIpc) is 2.75. The first-order chi connectivity index (χ1) is 14.7. The summed E-state index contributed by atoms with van der Waals surface area (Å²) in [5, 5.41) is 11.6. The molecule has 6 nitrogen and oxygen atoms in total. The van der Waals surface area contributed by atoms with Crippen molar-refractivity contribution >= 4 is 27.3 Å². The molecule has 158 valence electrons. The minimum Gasteiger partial charge on any atom is -0.322 e. The normalized spacial score (nSPS) is 10.9. The zero-order chi connectivity index (χ0) is 22.6. The highest BCUT2D eigenvalue weighted by Crippen LogP contribution is 2.27. The maximum absolute atomic E-state index is 13.1. The van der Waals surface area contributed by atoms with Crippen LogP contribution in [-0.4, -0.2) is 21.4 Å². The zero-order valence-electron chi connectivity index (χ0n) is 17.6. The topological polar surface area (TPSA) is 90.3 Å². The molecular weight excluding hydrogens is 410 g/mol. The molecule has 0 fully saturated rings. The van der Waals surface area contributed by atoms with E-state index in [4.69, 9.17) is 5.26 Å². The average molecular weight is 434 g/mol. The number of nitrogens with one attached hydrogen (secondary N) is 1. The molecule has 0 aromatic heterocycles. The lowest BCUT2D eigenvalue weighted by molar-refractivity contribution is 0.102. The van der Waals surface area contributed by atoms with Crippen molar-refractivity contribution < 1.29 is 13.2 Å². The van der Waals surface area contributed by atoms with Crippen LogP contribution < -0.4 is 9.62 Å². The van der Waals surface area contributed by atoms with Crippen LogP contribution in [0.15, 0.2) is 71.6 Å². The van der Waals surface area contributed by atoms with Gasteiger partial charge in [0.2, 0.25) is 0 Å². The van der Waals surface area contributed by atoms with E-state index in [0.29, 0.717) is 23.4 Å². The van der Waals surface area contributed by atoms with E-state index in [-0.39, 0.29) is 10.8 Å². The van der Waals surface area contributed by atoms with E-state index >= 15 is 0 Å². The van der Waals surface area contributed by atoms with Crippen molar-refractivity contribution in [2.45, 2.75) is 25.2 Å². The molecule has 3 aromatic carbocycles. The van der Waals surface area contributed by atoms with Crippen LogP contribution >= 0.6 is 0 Å². The van der Waals surface area contributed by atoms with E-state index in [9.17, 15) is 13.2 Å². The molecule has 0 saturated heterocycles. The minimum atomic E-state index is -3.77. The smallest absolute Gasteiger partial charge is 0.264 e. The summed E-state index contributed by atoms with van der Waals surface area (Å²) >= 11 is 0. The molecule has 0 spiro atoms. The summed E-state index contributed by atoms with van der Waals surface area (Å²) in [7, 11) is -2.29. The van der Waals surface area contributed by atoms with Gasteiger partial charge in [-0.2, -0.15) is 5.26 Å². The highest BCUT2D eigenvalue weighted by molar-refractivity contribution is 7.92. The number of hydrogen-bond acceptors (Lipinski definition) is 4. The van der Waals surface area contributed by atoms with Crippen LogP contribution in [0.25, 0.3) is 0 Å². The van der Waals surface area contributed by atoms with Gasteiger partial charge in [0.15, 0.2) is 0 Å². The summed E-state index contributed by atoms with van der Waals surface area (Å²) in [5.41, 5.74) is 3.92. The van der Waals surface area contributed by atoms with Gasteiger partial charge < -0.3 is 5.32 Å². The fourth-order valence-electron chi connectivity index (χ4n) is 3.09. The van der Waals surface area contributed by atoms with Crippen LogP contribution in [0.4, 0.5) is 11.4 Å². The fourth-order valence-corrected chi connectivity index (χ4v) is 4.34. The van der Waals surface area contributed by atoms with Crippen molar-refractivity contribution in [3.05, 3.63) is 89.0 Å². The Morgan fingerprint density at radius 1 is 1.00 bits per heavy atom. The van der Waals surface area contributed by atoms with Crippen LogP contribution in [0.2, 0.25) is 0 Å². The van der Waals surface area contributed by atoms with Gasteiger partial charge in [-0.25, -0.2) is 8.42 Å². The zero-order valence-corrected chi connectivity index (χ0v) is 18.4. The quantitative estimate of drug-likeness (QED) is 0.622. The third-order valence-corrected chi connectivity index (χ3v) is 6.77. The molecule has 0 aliphatic carbocycles. The molecule has 0 aliphatic heterocycles. The number of aryl methyl sites for hydroxylation is 2. The lowest BCUT2D eigenvalue weighted by atomic mass is 10.1. The molecule has 3 aromatic rings. The molecule has 3 rings (SSSR count). The highest BCUT2D eigenvalue weighted by atomic mass is 32.2. The Bertz CT molecular complexity index is 1240. The van der Waals surface area contributed by atoms with Crippen LogP contribution in [-0.2, 0) is 16.4 Å². The Morgan fingerprint density at radius 3 is 2.26 bits per heavy atom. The predicted octanol–water partition coefficient (Wildman–Crippen LogP) is 4.45. The molecule has 1 N–H and O–H groups in total. The number of hydrogen-bond donors (Lipinski definition) is 1. The second-order valence-corrected chi connectivity index (χ2v) is 9.24. The first kappa shape index (κ1) is 22.1. The number of carbonyl (C=O) groups is 1. The Balaban J connectivity index is 1.86. The van der Waals surface area contributed by atoms with Gasteiger partial charge in [0.25, 0.3) is 15.9 Å². The van der Waals surface area contributed by atoms with Crippen molar-refractivity contribution in [3.8, 4) is 6.07 Å². The minimum absolute atomic E-state index is 0.187. The van der Waals surface area contributed by atoms with Gasteiger partial charge in [-0.15, -0.1) is 0 Å². The predicted molar refractivity (Wildman–Crippen MR) is 122 cm³/mol. The van der Waals surface area contributed by atoms with Crippen molar-refractivity contribution in [2.24, 2.45) is 0 Å². The van der Waals surface area contributed by atoms with Gasteiger partial charge in [-0.1, -0.05) is 35.9 Å². The molecule has 0 radical (unpaired) electrons. The molecule has 31 heavy (non-hydrogen) atoms. The van der Waals surface area contributed by atoms with Gasteiger partial charge in [-0.05, 0) is 61.4 Å². The van der Waals surface area contributed by atoms with E-state index in [0.717, 1.165) is 16.7 Å². The Morgan fingerprint density at radius 2 is 1.65 bits per heavy atom. The van der Waals surface area contributed by atoms with Gasteiger partial charge in [-0.3, -0.25) is 9.10 Å². The first-order valence-electron chi connectivity index (χ1n) is 9.66. The third kappa shape index (κ3) is 4.93. The second kappa shape index (κ2) is 9.02. The van der Waals surface area contributed by atoms with E-state index in [1.165, 1.54) is 11.4 Å². The molecule has 0 heterocycles. The highest BCUT2D eigenvalue weighted by Gasteiger charge is 2.23. The lowest BCUT2D eigenvalue weighted by Gasteiger charge is -2.22. The summed E-state index contributed by atoms with van der Waals surface area (Å²) in [4.78, 5) is 12.9. The number of benzene rings is 3. The van der Waals surface area contributed by atoms with Crippen LogP contribution in [0.3, 0.4) is 0 Å². The molecule has 0 unspecified atom stereocenters. The standard InChI is InChI=1S/C24H23N3O3S/c1-17-4-12-22(13-5-17)31(29,30)27(3)23-16-20(9-6-18(23)2)24(28)26-21-10-7-19(8-11-21)14-15-25/h4-13,16H,14H2,1-3H3,(H,26,28). The van der Waals surface area contributed by atoms with Crippen LogP contribution in [0, 0.1) is 25.2 Å². The molecule has 0 bridgehead atoms. The Kier molecular flexibility index (Phi) is 6.42. The molecule has 0 saturated carbocycles. The van der Waals surface area contributed by atoms with Crippen molar-refractivity contribution in [1.29, 1.82) is 5.26 Å². The lowest BCUT2D eigenvalue weighted by Crippen LogP contribution is -2.27. The number of sulfonamides is 1. The largest absolute Gasteiger partial charge is 0.322 e. The Labute approximate surface area is 182 Å². The summed E-state index contributed by atoms with van der Waals surface area (Å²) < 4.78 is 27.3. The number of carbonyl (C=O) groups excluding carboxylic acids is 1. The van der Waals surface area contributed by atoms with Gasteiger partial charge in [0.05, 0.1) is 23.1 Å². The first-order valence-corrected chi connectivity index (χ1v) is 11.1. The number of anilines is 2. The van der Waals surface area contributed by atoms with E-state index in [1.54, 1.807) is 73.7 Å². The number of amides is 1. The summed E-state index contributed by atoms with van der Waals surface area (Å²) in [6.45, 7) is 3.69. The summed E-state index contributed by atoms with van der Waals surface area (Å²) in [5.74, 6) is -0.351. The SMILES string of the molecule is Cc1ccc(S(=O)(=O)N(C)c2cc(C(=O)Nc3ccc(CC#N)cc3)ccc2C)cc1. The second-order valence-electron chi connectivity index (χ2n) is 7.27. The molecule has 1 amide bonds. The maximum Gasteiger partial charge on any atom is 0.264 e. The molecule has 7 heteroatoms. The molecule has 0 atom stereocenters. The monoisotopic (exact) mass is 433 g/mol. The maximum atomic E-state index is 13.1. The van der Waals surface area contributed by atoms with Crippen LogP contribution in [0.1, 0.15) is 27.0 Å². The fraction of sp³-hybridized carbons (Fsp3) is 0.167. The molecular formula is C24H23N3O3S. The summed E-state index contributed by atoms with van der Waals surface area (Å²) in [6.07, 6.45) is 0.303. The number of rotatable bonds is 6. The van der Waals surface area contributed by atoms with Gasteiger partial charge in [0, 0.05) is 18.3 Å². The van der Waals surface area contributed by atoms with Crippen LogP contribution in [0.5, 0.6) is 0 Å². The van der Waals surface area contributed by atoms with E-state index in [1.807, 2.05) is 6.92 Å². The number of nitrogens with zero attached hydrogens (tertiary/aromatic N) is 2. The van der Waals surface area contributed by atoms with Crippen molar-refractivity contribution in [3.63, 3.8) is 0 Å². The van der Waals surface area contributed by atoms with Gasteiger partial charge >= 0.3 is 0 Å². The van der Waals surface area contributed by atoms with E-state index in [2.05, 4.69) is 11.4 Å². The molecule has 0 aliphatic rings. The summed E-state index contributed by atoms with van der Waals surface area (Å²) in [6, 6.07) is 20.7. The van der Waals surface area contributed by atoms with Gasteiger partial charge in [0.1, 0.15) is 0 Å². The third-order valence-electron chi connectivity index (χ3n) is 4.98. The Hall–Kier alpha value is -3.63. The number of nitriles is 1. The van der Waals surface area contributed by atoms with Crippen molar-refractivity contribution in [1.82, 2.24) is 0 Å². The van der Waals surface area contributed by atoms with Crippen molar-refractivity contribution in [2.75, 3.05) is 16.7 Å².